The minimum absolute atomic E-state index is 0.142. The Balaban J connectivity index is 1.49. The number of carbonyl (C=O) groups excluding carboxylic acids is 1. The van der Waals surface area contributed by atoms with Crippen molar-refractivity contribution in [1.82, 2.24) is 10.2 Å². The van der Waals surface area contributed by atoms with Gasteiger partial charge in [0.2, 0.25) is 11.0 Å². The van der Waals surface area contributed by atoms with Crippen molar-refractivity contribution in [1.29, 1.82) is 0 Å². The third kappa shape index (κ3) is 4.96. The molecule has 4 rings (SSSR count). The highest BCUT2D eigenvalue weighted by Gasteiger charge is 2.17. The fraction of sp³-hybridized carbons (Fsp3) is 0.0455. The molecule has 1 aromatic heterocycles. The summed E-state index contributed by atoms with van der Waals surface area (Å²) in [5, 5.41) is 11.4. The van der Waals surface area contributed by atoms with Gasteiger partial charge >= 0.3 is 0 Å². The normalized spacial score (nSPS) is 11.1. The van der Waals surface area contributed by atoms with Gasteiger partial charge < -0.3 is 5.32 Å². The van der Waals surface area contributed by atoms with Gasteiger partial charge in [0.25, 0.3) is 10.0 Å². The minimum atomic E-state index is -3.79. The molecule has 7 nitrogen and oxygen atoms in total. The van der Waals surface area contributed by atoms with E-state index in [4.69, 9.17) is 0 Å². The Morgan fingerprint density at radius 1 is 0.806 bits per heavy atom. The van der Waals surface area contributed by atoms with E-state index in [-0.39, 0.29) is 15.9 Å². The van der Waals surface area contributed by atoms with Gasteiger partial charge in [0, 0.05) is 18.2 Å². The summed E-state index contributed by atoms with van der Waals surface area (Å²) in [7, 11) is -3.79. The first-order chi connectivity index (χ1) is 14.9. The van der Waals surface area contributed by atoms with Crippen molar-refractivity contribution in [3.63, 3.8) is 0 Å². The molecule has 3 aromatic carbocycles. The lowest BCUT2D eigenvalue weighted by atomic mass is 10.1. The van der Waals surface area contributed by atoms with Gasteiger partial charge in [0.15, 0.2) is 0 Å². The van der Waals surface area contributed by atoms with E-state index in [2.05, 4.69) is 20.2 Å². The summed E-state index contributed by atoms with van der Waals surface area (Å²) >= 11 is 1.13. The second-order valence-electron chi connectivity index (χ2n) is 6.67. The first-order valence-electron chi connectivity index (χ1n) is 9.30. The van der Waals surface area contributed by atoms with Gasteiger partial charge in [-0.15, -0.1) is 10.2 Å². The fourth-order valence-electron chi connectivity index (χ4n) is 2.91. The molecule has 156 valence electrons. The predicted molar refractivity (Wildman–Crippen MR) is 122 cm³/mol. The number of benzene rings is 3. The average molecular weight is 451 g/mol. The highest BCUT2D eigenvalue weighted by Crippen LogP contribution is 2.29. The lowest BCUT2D eigenvalue weighted by Crippen LogP contribution is -2.12. The molecule has 0 saturated carbocycles. The van der Waals surface area contributed by atoms with Crippen LogP contribution in [0.5, 0.6) is 0 Å². The number of aromatic nitrogens is 2. The molecule has 0 bridgehead atoms. The number of carbonyl (C=O) groups is 1. The van der Waals surface area contributed by atoms with Crippen LogP contribution in [0.25, 0.3) is 21.7 Å². The van der Waals surface area contributed by atoms with Crippen molar-refractivity contribution in [2.45, 2.75) is 11.8 Å². The van der Waals surface area contributed by atoms with E-state index in [9.17, 15) is 13.2 Å². The summed E-state index contributed by atoms with van der Waals surface area (Å²) in [5.74, 6) is -0.155. The summed E-state index contributed by atoms with van der Waals surface area (Å²) in [6, 6.07) is 23.5. The molecular weight excluding hydrogens is 432 g/mol. The van der Waals surface area contributed by atoms with Crippen LogP contribution in [0.3, 0.4) is 0 Å². The number of nitrogens with zero attached hydrogens (tertiary/aromatic N) is 2. The highest BCUT2D eigenvalue weighted by atomic mass is 32.2. The molecule has 1 heterocycles. The summed E-state index contributed by atoms with van der Waals surface area (Å²) in [6.45, 7) is 1.44. The first-order valence-corrected chi connectivity index (χ1v) is 11.6. The number of sulfonamides is 1. The van der Waals surface area contributed by atoms with Gasteiger partial charge in [-0.2, -0.15) is 0 Å². The lowest BCUT2D eigenvalue weighted by Gasteiger charge is -2.06. The molecule has 0 aliphatic rings. The Labute approximate surface area is 183 Å². The summed E-state index contributed by atoms with van der Waals surface area (Å²) in [5.41, 5.74) is 3.38. The van der Waals surface area contributed by atoms with Gasteiger partial charge in [0.1, 0.15) is 5.01 Å². The van der Waals surface area contributed by atoms with E-state index < -0.39 is 10.0 Å². The summed E-state index contributed by atoms with van der Waals surface area (Å²) < 4.78 is 27.9. The van der Waals surface area contributed by atoms with Crippen LogP contribution in [-0.4, -0.2) is 24.5 Å². The number of hydrogen-bond donors (Lipinski definition) is 2. The molecule has 1 amide bonds. The maximum atomic E-state index is 12.7. The number of amides is 1. The number of anilines is 2. The van der Waals surface area contributed by atoms with Crippen molar-refractivity contribution in [3.05, 3.63) is 78.9 Å². The number of nitrogens with one attached hydrogen (secondary N) is 2. The molecule has 0 atom stereocenters. The SMILES string of the molecule is CC(=O)Nc1ccc(-c2nnc(NS(=O)(=O)c3ccc(-c4ccccc4)cc3)s2)cc1. The number of rotatable bonds is 6. The van der Waals surface area contributed by atoms with Crippen LogP contribution in [0, 0.1) is 0 Å². The Morgan fingerprint density at radius 2 is 1.42 bits per heavy atom. The maximum Gasteiger partial charge on any atom is 0.263 e. The van der Waals surface area contributed by atoms with E-state index in [1.807, 2.05) is 30.3 Å². The Hall–Kier alpha value is -3.56. The molecule has 0 saturated heterocycles. The Kier molecular flexibility index (Phi) is 5.79. The van der Waals surface area contributed by atoms with Crippen LogP contribution < -0.4 is 10.0 Å². The topological polar surface area (TPSA) is 101 Å². The molecule has 2 N–H and O–H groups in total. The zero-order valence-corrected chi connectivity index (χ0v) is 18.1. The largest absolute Gasteiger partial charge is 0.326 e. The summed E-state index contributed by atoms with van der Waals surface area (Å²) in [4.78, 5) is 11.3. The molecule has 0 unspecified atom stereocenters. The van der Waals surface area contributed by atoms with E-state index in [0.717, 1.165) is 28.0 Å². The van der Waals surface area contributed by atoms with Gasteiger partial charge in [-0.25, -0.2) is 8.42 Å². The van der Waals surface area contributed by atoms with Crippen LogP contribution in [0.1, 0.15) is 6.92 Å². The van der Waals surface area contributed by atoms with Crippen molar-refractivity contribution in [2.75, 3.05) is 10.0 Å². The minimum Gasteiger partial charge on any atom is -0.326 e. The van der Waals surface area contributed by atoms with Crippen LogP contribution in [0.15, 0.2) is 83.8 Å². The smallest absolute Gasteiger partial charge is 0.263 e. The zero-order valence-electron chi connectivity index (χ0n) is 16.4. The monoisotopic (exact) mass is 450 g/mol. The fourth-order valence-corrected chi connectivity index (χ4v) is 4.89. The average Bonchev–Trinajstić information content (AvgIpc) is 3.22. The molecule has 0 radical (unpaired) electrons. The molecule has 0 fully saturated rings. The molecule has 4 aromatic rings. The zero-order chi connectivity index (χ0) is 21.8. The van der Waals surface area contributed by atoms with Crippen LogP contribution in [0.2, 0.25) is 0 Å². The molecule has 0 spiro atoms. The Morgan fingerprint density at radius 3 is 2.06 bits per heavy atom. The highest BCUT2D eigenvalue weighted by molar-refractivity contribution is 7.93. The quantitative estimate of drug-likeness (QED) is 0.446. The Bertz CT molecular complexity index is 1300. The third-order valence-electron chi connectivity index (χ3n) is 4.37. The van der Waals surface area contributed by atoms with Crippen LogP contribution in [-0.2, 0) is 14.8 Å². The molecule has 0 aliphatic carbocycles. The second kappa shape index (κ2) is 8.66. The lowest BCUT2D eigenvalue weighted by molar-refractivity contribution is -0.114. The van der Waals surface area contributed by atoms with Gasteiger partial charge in [-0.05, 0) is 47.5 Å². The second-order valence-corrected chi connectivity index (χ2v) is 9.33. The maximum absolute atomic E-state index is 12.7. The van der Waals surface area contributed by atoms with Crippen molar-refractivity contribution in [3.8, 4) is 21.7 Å². The van der Waals surface area contributed by atoms with Gasteiger partial charge in [0.05, 0.1) is 4.90 Å². The van der Waals surface area contributed by atoms with E-state index in [1.165, 1.54) is 6.92 Å². The third-order valence-corrected chi connectivity index (χ3v) is 6.74. The summed E-state index contributed by atoms with van der Waals surface area (Å²) in [6.07, 6.45) is 0. The van der Waals surface area contributed by atoms with Crippen molar-refractivity contribution in [2.24, 2.45) is 0 Å². The van der Waals surface area contributed by atoms with E-state index >= 15 is 0 Å². The van der Waals surface area contributed by atoms with Crippen molar-refractivity contribution < 1.29 is 13.2 Å². The molecular formula is C22H18N4O3S2. The molecule has 9 heteroatoms. The van der Waals surface area contributed by atoms with Gasteiger partial charge in [-0.1, -0.05) is 53.8 Å². The standard InChI is InChI=1S/C22H18N4O3S2/c1-15(27)23-19-11-7-18(8-12-19)21-24-25-22(30-21)26-31(28,29)20-13-9-17(10-14-20)16-5-3-2-4-6-16/h2-14H,1H3,(H,23,27)(H,25,26). The van der Waals surface area contributed by atoms with Crippen molar-refractivity contribution >= 4 is 38.1 Å². The number of hydrogen-bond acceptors (Lipinski definition) is 6. The van der Waals surface area contributed by atoms with Crippen LogP contribution >= 0.6 is 11.3 Å². The van der Waals surface area contributed by atoms with E-state index in [1.54, 1.807) is 48.5 Å². The molecule has 31 heavy (non-hydrogen) atoms. The molecule has 0 aliphatic heterocycles. The van der Waals surface area contributed by atoms with Crippen LogP contribution in [0.4, 0.5) is 10.8 Å². The van der Waals surface area contributed by atoms with E-state index in [0.29, 0.717) is 10.7 Å². The predicted octanol–water partition coefficient (Wildman–Crippen LogP) is 4.63. The first kappa shape index (κ1) is 20.7. The van der Waals surface area contributed by atoms with Gasteiger partial charge in [-0.3, -0.25) is 9.52 Å².